The van der Waals surface area contributed by atoms with Gasteiger partial charge in [-0.25, -0.2) is 0 Å². The standard InChI is InChI=1S/C11H20O3/c1-11(2)13-9(7-12-3)10(14-11)8-5-4-6-8/h8-10H,4-7H2,1-3H3. The summed E-state index contributed by atoms with van der Waals surface area (Å²) >= 11 is 0. The van der Waals surface area contributed by atoms with Crippen LogP contribution in [0.15, 0.2) is 0 Å². The van der Waals surface area contributed by atoms with E-state index in [2.05, 4.69) is 0 Å². The average Bonchev–Trinajstić information content (AvgIpc) is 2.23. The minimum atomic E-state index is -0.427. The Labute approximate surface area is 85.7 Å². The van der Waals surface area contributed by atoms with E-state index in [1.807, 2.05) is 13.8 Å². The molecular formula is C11H20O3. The third-order valence-electron chi connectivity index (χ3n) is 3.17. The van der Waals surface area contributed by atoms with Crippen LogP contribution in [0, 0.1) is 5.92 Å². The molecule has 1 heterocycles. The van der Waals surface area contributed by atoms with E-state index in [-0.39, 0.29) is 12.2 Å². The summed E-state index contributed by atoms with van der Waals surface area (Å²) in [4.78, 5) is 0. The molecule has 2 atom stereocenters. The monoisotopic (exact) mass is 200 g/mol. The quantitative estimate of drug-likeness (QED) is 0.697. The first-order valence-corrected chi connectivity index (χ1v) is 5.47. The molecule has 82 valence electrons. The summed E-state index contributed by atoms with van der Waals surface area (Å²) in [5, 5.41) is 0. The molecule has 2 fully saturated rings. The minimum absolute atomic E-state index is 0.125. The summed E-state index contributed by atoms with van der Waals surface area (Å²) in [5.41, 5.74) is 0. The van der Waals surface area contributed by atoms with Gasteiger partial charge in [-0.3, -0.25) is 0 Å². The molecule has 0 radical (unpaired) electrons. The second-order valence-electron chi connectivity index (χ2n) is 4.78. The summed E-state index contributed by atoms with van der Waals surface area (Å²) in [6.45, 7) is 4.60. The van der Waals surface area contributed by atoms with Crippen LogP contribution in [-0.4, -0.2) is 31.7 Å². The molecular weight excluding hydrogens is 180 g/mol. The number of ether oxygens (including phenoxy) is 3. The highest BCUT2D eigenvalue weighted by Gasteiger charge is 2.46. The van der Waals surface area contributed by atoms with Crippen molar-refractivity contribution in [1.82, 2.24) is 0 Å². The first-order chi connectivity index (χ1) is 6.62. The van der Waals surface area contributed by atoms with E-state index in [4.69, 9.17) is 14.2 Å². The molecule has 1 saturated heterocycles. The smallest absolute Gasteiger partial charge is 0.163 e. The third kappa shape index (κ3) is 1.95. The van der Waals surface area contributed by atoms with Gasteiger partial charge >= 0.3 is 0 Å². The Kier molecular flexibility index (Phi) is 2.82. The zero-order valence-corrected chi connectivity index (χ0v) is 9.29. The maximum Gasteiger partial charge on any atom is 0.163 e. The van der Waals surface area contributed by atoms with Gasteiger partial charge in [-0.15, -0.1) is 0 Å². The molecule has 0 aromatic carbocycles. The van der Waals surface area contributed by atoms with E-state index in [0.29, 0.717) is 12.5 Å². The third-order valence-corrected chi connectivity index (χ3v) is 3.17. The van der Waals surface area contributed by atoms with Crippen LogP contribution in [0.4, 0.5) is 0 Å². The fourth-order valence-corrected chi connectivity index (χ4v) is 2.32. The molecule has 0 bridgehead atoms. The van der Waals surface area contributed by atoms with Crippen molar-refractivity contribution < 1.29 is 14.2 Å². The largest absolute Gasteiger partial charge is 0.382 e. The maximum atomic E-state index is 5.92. The highest BCUT2D eigenvalue weighted by molar-refractivity contribution is 4.89. The van der Waals surface area contributed by atoms with Crippen LogP contribution in [0.2, 0.25) is 0 Å². The minimum Gasteiger partial charge on any atom is -0.382 e. The lowest BCUT2D eigenvalue weighted by Crippen LogP contribution is -2.37. The fourth-order valence-electron chi connectivity index (χ4n) is 2.32. The Morgan fingerprint density at radius 1 is 1.29 bits per heavy atom. The summed E-state index contributed by atoms with van der Waals surface area (Å²) in [6.07, 6.45) is 4.28. The Hall–Kier alpha value is -0.120. The van der Waals surface area contributed by atoms with Gasteiger partial charge in [0.25, 0.3) is 0 Å². The predicted octanol–water partition coefficient (Wildman–Crippen LogP) is 1.95. The first kappa shape index (κ1) is 10.4. The van der Waals surface area contributed by atoms with Gasteiger partial charge in [0.2, 0.25) is 0 Å². The molecule has 0 aromatic heterocycles. The number of hydrogen-bond donors (Lipinski definition) is 0. The summed E-state index contributed by atoms with van der Waals surface area (Å²) in [6, 6.07) is 0. The second-order valence-corrected chi connectivity index (χ2v) is 4.78. The highest BCUT2D eigenvalue weighted by Crippen LogP contribution is 2.40. The molecule has 1 aliphatic carbocycles. The number of rotatable bonds is 3. The molecule has 0 spiro atoms. The zero-order valence-electron chi connectivity index (χ0n) is 9.29. The van der Waals surface area contributed by atoms with Crippen molar-refractivity contribution in [3.8, 4) is 0 Å². The second kappa shape index (κ2) is 3.80. The Balaban J connectivity index is 1.98. The molecule has 0 aromatic rings. The topological polar surface area (TPSA) is 27.7 Å². The van der Waals surface area contributed by atoms with Gasteiger partial charge in [0, 0.05) is 7.11 Å². The maximum absolute atomic E-state index is 5.92. The molecule has 2 aliphatic rings. The van der Waals surface area contributed by atoms with Crippen LogP contribution in [0.25, 0.3) is 0 Å². The van der Waals surface area contributed by atoms with Crippen molar-refractivity contribution in [2.45, 2.75) is 51.1 Å². The Morgan fingerprint density at radius 2 is 2.00 bits per heavy atom. The molecule has 1 saturated carbocycles. The van der Waals surface area contributed by atoms with Crippen LogP contribution in [0.3, 0.4) is 0 Å². The van der Waals surface area contributed by atoms with Crippen LogP contribution in [0.1, 0.15) is 33.1 Å². The molecule has 14 heavy (non-hydrogen) atoms. The number of methoxy groups -OCH3 is 1. The lowest BCUT2D eigenvalue weighted by Gasteiger charge is -2.32. The van der Waals surface area contributed by atoms with Crippen molar-refractivity contribution in [3.05, 3.63) is 0 Å². The van der Waals surface area contributed by atoms with Crippen LogP contribution in [0.5, 0.6) is 0 Å². The summed E-state index contributed by atoms with van der Waals surface area (Å²) < 4.78 is 16.9. The van der Waals surface area contributed by atoms with E-state index in [0.717, 1.165) is 0 Å². The van der Waals surface area contributed by atoms with Crippen molar-refractivity contribution in [2.75, 3.05) is 13.7 Å². The normalized spacial score (nSPS) is 37.1. The first-order valence-electron chi connectivity index (χ1n) is 5.47. The zero-order chi connectivity index (χ0) is 10.2. The lowest BCUT2D eigenvalue weighted by atomic mass is 9.79. The van der Waals surface area contributed by atoms with Crippen LogP contribution in [-0.2, 0) is 14.2 Å². The average molecular weight is 200 g/mol. The van der Waals surface area contributed by atoms with E-state index in [1.54, 1.807) is 7.11 Å². The molecule has 2 rings (SSSR count). The highest BCUT2D eigenvalue weighted by atomic mass is 16.8. The van der Waals surface area contributed by atoms with Crippen LogP contribution < -0.4 is 0 Å². The Bertz CT molecular complexity index is 199. The van der Waals surface area contributed by atoms with Gasteiger partial charge in [-0.1, -0.05) is 6.42 Å². The molecule has 3 nitrogen and oxygen atoms in total. The predicted molar refractivity (Wildman–Crippen MR) is 53.0 cm³/mol. The van der Waals surface area contributed by atoms with Gasteiger partial charge < -0.3 is 14.2 Å². The van der Waals surface area contributed by atoms with Gasteiger partial charge in [0.1, 0.15) is 6.10 Å². The van der Waals surface area contributed by atoms with E-state index >= 15 is 0 Å². The lowest BCUT2D eigenvalue weighted by molar-refractivity contribution is -0.155. The fraction of sp³-hybridized carbons (Fsp3) is 1.00. The summed E-state index contributed by atoms with van der Waals surface area (Å²) in [7, 11) is 1.71. The molecule has 3 heteroatoms. The molecule has 0 N–H and O–H groups in total. The van der Waals surface area contributed by atoms with E-state index in [1.165, 1.54) is 19.3 Å². The Morgan fingerprint density at radius 3 is 2.50 bits per heavy atom. The van der Waals surface area contributed by atoms with Gasteiger partial charge in [-0.2, -0.15) is 0 Å². The van der Waals surface area contributed by atoms with Crippen LogP contribution >= 0.6 is 0 Å². The van der Waals surface area contributed by atoms with Crippen molar-refractivity contribution in [1.29, 1.82) is 0 Å². The molecule has 2 unspecified atom stereocenters. The van der Waals surface area contributed by atoms with Crippen molar-refractivity contribution in [3.63, 3.8) is 0 Å². The summed E-state index contributed by atoms with van der Waals surface area (Å²) in [5.74, 6) is 0.264. The van der Waals surface area contributed by atoms with E-state index in [9.17, 15) is 0 Å². The van der Waals surface area contributed by atoms with Gasteiger partial charge in [0.15, 0.2) is 5.79 Å². The van der Waals surface area contributed by atoms with Gasteiger partial charge in [0.05, 0.1) is 12.7 Å². The van der Waals surface area contributed by atoms with E-state index < -0.39 is 5.79 Å². The van der Waals surface area contributed by atoms with Crippen molar-refractivity contribution in [2.24, 2.45) is 5.92 Å². The molecule has 1 aliphatic heterocycles. The SMILES string of the molecule is COCC1OC(C)(C)OC1C1CCC1. The van der Waals surface area contributed by atoms with Crippen molar-refractivity contribution >= 4 is 0 Å². The number of hydrogen-bond acceptors (Lipinski definition) is 3. The molecule has 0 amide bonds. The van der Waals surface area contributed by atoms with Gasteiger partial charge in [-0.05, 0) is 32.6 Å².